The minimum atomic E-state index is -0.200. The van der Waals surface area contributed by atoms with Gasteiger partial charge < -0.3 is 10.2 Å². The van der Waals surface area contributed by atoms with E-state index in [9.17, 15) is 4.79 Å². The van der Waals surface area contributed by atoms with E-state index in [1.807, 2.05) is 32.0 Å². The minimum Gasteiger partial charge on any atom is -0.363 e. The maximum atomic E-state index is 12.0. The van der Waals surface area contributed by atoms with Gasteiger partial charge in [-0.3, -0.25) is 4.79 Å². The summed E-state index contributed by atoms with van der Waals surface area (Å²) in [6.07, 6.45) is 0. The molecule has 20 heavy (non-hydrogen) atoms. The highest BCUT2D eigenvalue weighted by molar-refractivity contribution is 7.07. The Bertz CT molecular complexity index is 624. The molecule has 0 aromatic carbocycles. The fraction of sp³-hybridized carbons (Fsp3) is 0.417. The molecule has 0 saturated heterocycles. The van der Waals surface area contributed by atoms with E-state index in [2.05, 4.69) is 24.9 Å². The van der Waals surface area contributed by atoms with E-state index < -0.39 is 0 Å². The highest BCUT2D eigenvalue weighted by Gasteiger charge is 2.13. The zero-order valence-corrected chi connectivity index (χ0v) is 12.7. The van der Waals surface area contributed by atoms with Gasteiger partial charge in [0.2, 0.25) is 0 Å². The van der Waals surface area contributed by atoms with Crippen molar-refractivity contribution in [3.8, 4) is 0 Å². The molecule has 7 nitrogen and oxygen atoms in total. The standard InChI is InChI=1S/C12H16N6OS/c1-7-5-10(18(3)4)15-9(14-7)6-13-12(19)11-8(2)16-17-20-11/h5H,6H2,1-4H3,(H,13,19). The molecule has 0 spiro atoms. The number of carbonyl (C=O) groups is 1. The molecule has 1 amide bonds. The Balaban J connectivity index is 2.08. The van der Waals surface area contributed by atoms with Gasteiger partial charge in [-0.15, -0.1) is 5.10 Å². The Morgan fingerprint density at radius 2 is 2.10 bits per heavy atom. The maximum absolute atomic E-state index is 12.0. The molecule has 1 N–H and O–H groups in total. The zero-order valence-electron chi connectivity index (χ0n) is 11.8. The molecule has 2 heterocycles. The topological polar surface area (TPSA) is 83.9 Å². The summed E-state index contributed by atoms with van der Waals surface area (Å²) >= 11 is 1.08. The lowest BCUT2D eigenvalue weighted by molar-refractivity contribution is 0.0953. The average molecular weight is 292 g/mol. The summed E-state index contributed by atoms with van der Waals surface area (Å²) in [4.78, 5) is 23.1. The van der Waals surface area contributed by atoms with Crippen molar-refractivity contribution < 1.29 is 4.79 Å². The van der Waals surface area contributed by atoms with Crippen LogP contribution in [0.1, 0.15) is 26.9 Å². The van der Waals surface area contributed by atoms with Crippen LogP contribution >= 0.6 is 11.5 Å². The summed E-state index contributed by atoms with van der Waals surface area (Å²) in [5.74, 6) is 1.20. The van der Waals surface area contributed by atoms with Crippen LogP contribution in [0.15, 0.2) is 6.07 Å². The first-order chi connectivity index (χ1) is 9.47. The summed E-state index contributed by atoms with van der Waals surface area (Å²) in [6.45, 7) is 3.93. The molecule has 0 aliphatic rings. The van der Waals surface area contributed by atoms with E-state index in [0.29, 0.717) is 16.4 Å². The fourth-order valence-electron chi connectivity index (χ4n) is 1.60. The Morgan fingerprint density at radius 3 is 2.70 bits per heavy atom. The van der Waals surface area contributed by atoms with Gasteiger partial charge in [-0.25, -0.2) is 9.97 Å². The quantitative estimate of drug-likeness (QED) is 0.903. The van der Waals surface area contributed by atoms with Crippen LogP contribution in [0.4, 0.5) is 5.82 Å². The van der Waals surface area contributed by atoms with Crippen LogP contribution in [0.25, 0.3) is 0 Å². The van der Waals surface area contributed by atoms with Gasteiger partial charge in [0, 0.05) is 25.9 Å². The van der Waals surface area contributed by atoms with Gasteiger partial charge in [0.25, 0.3) is 5.91 Å². The van der Waals surface area contributed by atoms with Crippen molar-refractivity contribution in [1.29, 1.82) is 0 Å². The predicted molar refractivity (Wildman–Crippen MR) is 76.9 cm³/mol. The second-order valence-electron chi connectivity index (χ2n) is 4.55. The number of nitrogens with zero attached hydrogens (tertiary/aromatic N) is 5. The Hall–Kier alpha value is -2.09. The van der Waals surface area contributed by atoms with Gasteiger partial charge in [-0.1, -0.05) is 4.49 Å². The fourth-order valence-corrected chi connectivity index (χ4v) is 2.17. The van der Waals surface area contributed by atoms with E-state index in [0.717, 1.165) is 23.0 Å². The van der Waals surface area contributed by atoms with Crippen molar-refractivity contribution in [2.75, 3.05) is 19.0 Å². The molecule has 106 valence electrons. The Morgan fingerprint density at radius 1 is 1.35 bits per heavy atom. The lowest BCUT2D eigenvalue weighted by Crippen LogP contribution is -2.24. The first-order valence-electron chi connectivity index (χ1n) is 6.06. The molecule has 0 aliphatic carbocycles. The molecule has 0 atom stereocenters. The van der Waals surface area contributed by atoms with Crippen molar-refractivity contribution >= 4 is 23.3 Å². The lowest BCUT2D eigenvalue weighted by atomic mass is 10.3. The molecule has 0 radical (unpaired) electrons. The van der Waals surface area contributed by atoms with Crippen molar-refractivity contribution in [3.63, 3.8) is 0 Å². The molecular weight excluding hydrogens is 276 g/mol. The van der Waals surface area contributed by atoms with Crippen molar-refractivity contribution in [2.45, 2.75) is 20.4 Å². The minimum absolute atomic E-state index is 0.200. The number of amides is 1. The second kappa shape index (κ2) is 5.91. The molecule has 2 aromatic heterocycles. The molecule has 2 aromatic rings. The normalized spacial score (nSPS) is 10.4. The largest absolute Gasteiger partial charge is 0.363 e. The molecule has 0 unspecified atom stereocenters. The van der Waals surface area contributed by atoms with Gasteiger partial charge in [0.15, 0.2) is 0 Å². The van der Waals surface area contributed by atoms with Gasteiger partial charge >= 0.3 is 0 Å². The first-order valence-corrected chi connectivity index (χ1v) is 6.83. The number of rotatable bonds is 4. The number of hydrogen-bond acceptors (Lipinski definition) is 7. The lowest BCUT2D eigenvalue weighted by Gasteiger charge is -2.13. The summed E-state index contributed by atoms with van der Waals surface area (Å²) in [6, 6.07) is 1.89. The van der Waals surface area contributed by atoms with Crippen LogP contribution in [0.5, 0.6) is 0 Å². The molecule has 0 aliphatic heterocycles. The van der Waals surface area contributed by atoms with Crippen molar-refractivity contribution in [3.05, 3.63) is 28.2 Å². The number of hydrogen-bond donors (Lipinski definition) is 1. The number of carbonyl (C=O) groups excluding carboxylic acids is 1. The SMILES string of the molecule is Cc1cc(N(C)C)nc(CNC(=O)c2snnc2C)n1. The van der Waals surface area contributed by atoms with Gasteiger partial charge in [0.05, 0.1) is 12.2 Å². The van der Waals surface area contributed by atoms with Crippen LogP contribution in [-0.2, 0) is 6.54 Å². The number of anilines is 1. The molecular formula is C12H16N6OS. The average Bonchev–Trinajstić information content (AvgIpc) is 2.81. The summed E-state index contributed by atoms with van der Waals surface area (Å²) in [5.41, 5.74) is 1.50. The van der Waals surface area contributed by atoms with Crippen LogP contribution in [-0.4, -0.2) is 39.6 Å². The third-order valence-corrected chi connectivity index (χ3v) is 3.44. The molecule has 0 bridgehead atoms. The molecule has 0 fully saturated rings. The maximum Gasteiger partial charge on any atom is 0.265 e. The first kappa shape index (κ1) is 14.3. The molecule has 0 saturated carbocycles. The van der Waals surface area contributed by atoms with Crippen molar-refractivity contribution in [2.24, 2.45) is 0 Å². The van der Waals surface area contributed by atoms with E-state index in [4.69, 9.17) is 0 Å². The highest BCUT2D eigenvalue weighted by Crippen LogP contribution is 2.11. The van der Waals surface area contributed by atoms with E-state index >= 15 is 0 Å². The monoisotopic (exact) mass is 292 g/mol. The summed E-state index contributed by atoms with van der Waals surface area (Å²) in [5, 5.41) is 6.60. The predicted octanol–water partition coefficient (Wildman–Crippen LogP) is 0.941. The zero-order chi connectivity index (χ0) is 14.7. The third kappa shape index (κ3) is 3.27. The van der Waals surface area contributed by atoms with Crippen LogP contribution in [0, 0.1) is 13.8 Å². The van der Waals surface area contributed by atoms with Crippen LogP contribution < -0.4 is 10.2 Å². The number of nitrogens with one attached hydrogen (secondary N) is 1. The third-order valence-electron chi connectivity index (χ3n) is 2.61. The summed E-state index contributed by atoms with van der Waals surface area (Å²) < 4.78 is 3.74. The van der Waals surface area contributed by atoms with E-state index in [-0.39, 0.29) is 12.5 Å². The van der Waals surface area contributed by atoms with E-state index in [1.54, 1.807) is 6.92 Å². The van der Waals surface area contributed by atoms with E-state index in [1.165, 1.54) is 0 Å². The van der Waals surface area contributed by atoms with Gasteiger partial charge in [-0.05, 0) is 25.4 Å². The Kier molecular flexibility index (Phi) is 4.23. The van der Waals surface area contributed by atoms with Crippen LogP contribution in [0.2, 0.25) is 0 Å². The highest BCUT2D eigenvalue weighted by atomic mass is 32.1. The van der Waals surface area contributed by atoms with Gasteiger partial charge in [0.1, 0.15) is 16.5 Å². The number of aryl methyl sites for hydroxylation is 2. The molecule has 8 heteroatoms. The Labute approximate surface area is 121 Å². The number of aromatic nitrogens is 4. The van der Waals surface area contributed by atoms with Crippen molar-refractivity contribution in [1.82, 2.24) is 24.9 Å². The summed E-state index contributed by atoms with van der Waals surface area (Å²) in [7, 11) is 3.83. The van der Waals surface area contributed by atoms with Crippen LogP contribution in [0.3, 0.4) is 0 Å². The van der Waals surface area contributed by atoms with Gasteiger partial charge in [-0.2, -0.15) is 0 Å². The molecule has 2 rings (SSSR count). The second-order valence-corrected chi connectivity index (χ2v) is 5.30. The smallest absolute Gasteiger partial charge is 0.265 e.